The van der Waals surface area contributed by atoms with E-state index in [-0.39, 0.29) is 0 Å². The summed E-state index contributed by atoms with van der Waals surface area (Å²) in [5.74, 6) is 1.06. The van der Waals surface area contributed by atoms with E-state index in [1.54, 1.807) is 0 Å². The summed E-state index contributed by atoms with van der Waals surface area (Å²) in [6, 6.07) is 4.11. The zero-order chi connectivity index (χ0) is 17.0. The number of nitrogens with one attached hydrogen (secondary N) is 2. The average molecular weight is 327 g/mol. The van der Waals surface area contributed by atoms with Crippen molar-refractivity contribution < 1.29 is 0 Å². The predicted octanol–water partition coefficient (Wildman–Crippen LogP) is 3.19. The molecule has 5 nitrogen and oxygen atoms in total. The van der Waals surface area contributed by atoms with Crippen LogP contribution in [0.2, 0.25) is 0 Å². The van der Waals surface area contributed by atoms with E-state index in [0.29, 0.717) is 5.41 Å². The second kappa shape index (κ2) is 7.24. The van der Waals surface area contributed by atoms with Gasteiger partial charge in [-0.2, -0.15) is 0 Å². The molecule has 24 heavy (non-hydrogen) atoms. The normalized spacial score (nSPS) is 21.6. The number of guanidine groups is 1. The highest BCUT2D eigenvalue weighted by atomic mass is 15.3. The van der Waals surface area contributed by atoms with Gasteiger partial charge >= 0.3 is 0 Å². The fourth-order valence-corrected chi connectivity index (χ4v) is 3.42. The van der Waals surface area contributed by atoms with Crippen molar-refractivity contribution in [1.29, 1.82) is 0 Å². The summed E-state index contributed by atoms with van der Waals surface area (Å²) < 4.78 is 0. The van der Waals surface area contributed by atoms with E-state index in [1.165, 1.54) is 23.8 Å². The van der Waals surface area contributed by atoms with Crippen LogP contribution in [0.1, 0.15) is 39.2 Å². The third-order valence-electron chi connectivity index (χ3n) is 5.23. The van der Waals surface area contributed by atoms with Crippen molar-refractivity contribution in [2.24, 2.45) is 10.4 Å². The van der Waals surface area contributed by atoms with Gasteiger partial charge in [0.05, 0.1) is 0 Å². The standard InChI is InChI=1S/C19H29N5/c1-4-19(3)9-12-24(14-19)18(20-5-2)22-11-8-15-13-23-17-16(15)7-6-10-21-17/h6-7,10,13H,4-5,8-9,11-12,14H2,1-3H3,(H,20,22)(H,21,23). The monoisotopic (exact) mass is 327 g/mol. The Balaban J connectivity index is 1.66. The Bertz CT molecular complexity index is 705. The van der Waals surface area contributed by atoms with Gasteiger partial charge in [-0.25, -0.2) is 4.98 Å². The van der Waals surface area contributed by atoms with Crippen LogP contribution in [0, 0.1) is 5.41 Å². The van der Waals surface area contributed by atoms with Gasteiger partial charge in [0.1, 0.15) is 5.65 Å². The molecule has 0 saturated carbocycles. The molecule has 2 aromatic rings. The molecule has 2 N–H and O–H groups in total. The van der Waals surface area contributed by atoms with Crippen molar-refractivity contribution in [3.8, 4) is 0 Å². The van der Waals surface area contributed by atoms with E-state index in [2.05, 4.69) is 53.2 Å². The number of H-pyrrole nitrogens is 1. The quantitative estimate of drug-likeness (QED) is 0.655. The lowest BCUT2D eigenvalue weighted by atomic mass is 9.87. The molecule has 3 heterocycles. The van der Waals surface area contributed by atoms with Crippen LogP contribution in [0.4, 0.5) is 0 Å². The Morgan fingerprint density at radius 1 is 1.46 bits per heavy atom. The summed E-state index contributed by atoms with van der Waals surface area (Å²) in [7, 11) is 0. The Kier molecular flexibility index (Phi) is 5.07. The fourth-order valence-electron chi connectivity index (χ4n) is 3.42. The highest BCUT2D eigenvalue weighted by Gasteiger charge is 2.33. The topological polar surface area (TPSA) is 56.3 Å². The summed E-state index contributed by atoms with van der Waals surface area (Å²) in [5.41, 5.74) is 2.68. The van der Waals surface area contributed by atoms with Crippen LogP contribution >= 0.6 is 0 Å². The molecule has 0 radical (unpaired) electrons. The Labute approximate surface area is 144 Å². The predicted molar refractivity (Wildman–Crippen MR) is 100 cm³/mol. The van der Waals surface area contributed by atoms with Gasteiger partial charge in [-0.05, 0) is 49.3 Å². The molecule has 1 aliphatic rings. The first-order chi connectivity index (χ1) is 11.6. The second-order valence-electron chi connectivity index (χ2n) is 7.03. The van der Waals surface area contributed by atoms with Gasteiger partial charge in [-0.15, -0.1) is 0 Å². The number of fused-ring (bicyclic) bond motifs is 1. The summed E-state index contributed by atoms with van der Waals surface area (Å²) in [6.45, 7) is 10.7. The molecule has 1 fully saturated rings. The van der Waals surface area contributed by atoms with Gasteiger partial charge in [-0.1, -0.05) is 13.8 Å². The molecule has 1 aliphatic heterocycles. The highest BCUT2D eigenvalue weighted by Crippen LogP contribution is 2.32. The molecule has 1 saturated heterocycles. The molecule has 1 atom stereocenters. The molecular weight excluding hydrogens is 298 g/mol. The van der Waals surface area contributed by atoms with Crippen LogP contribution in [-0.4, -0.2) is 47.0 Å². The molecule has 130 valence electrons. The van der Waals surface area contributed by atoms with Gasteiger partial charge in [0, 0.05) is 44.0 Å². The number of aromatic nitrogens is 2. The zero-order valence-corrected chi connectivity index (χ0v) is 15.1. The second-order valence-corrected chi connectivity index (χ2v) is 7.03. The van der Waals surface area contributed by atoms with Crippen LogP contribution in [-0.2, 0) is 6.42 Å². The first-order valence-electron chi connectivity index (χ1n) is 9.09. The smallest absolute Gasteiger partial charge is 0.193 e. The minimum atomic E-state index is 0.429. The fraction of sp³-hybridized carbons (Fsp3) is 0.579. The lowest BCUT2D eigenvalue weighted by molar-refractivity contribution is 0.322. The zero-order valence-electron chi connectivity index (χ0n) is 15.1. The van der Waals surface area contributed by atoms with E-state index in [4.69, 9.17) is 4.99 Å². The van der Waals surface area contributed by atoms with Gasteiger partial charge < -0.3 is 15.2 Å². The van der Waals surface area contributed by atoms with E-state index >= 15 is 0 Å². The van der Waals surface area contributed by atoms with E-state index in [9.17, 15) is 0 Å². The molecular formula is C19H29N5. The molecule has 2 aromatic heterocycles. The first-order valence-corrected chi connectivity index (χ1v) is 9.09. The average Bonchev–Trinajstić information content (AvgIpc) is 3.19. The Morgan fingerprint density at radius 2 is 2.33 bits per heavy atom. The molecule has 0 bridgehead atoms. The minimum absolute atomic E-state index is 0.429. The van der Waals surface area contributed by atoms with Crippen LogP contribution < -0.4 is 5.32 Å². The number of hydrogen-bond acceptors (Lipinski definition) is 2. The van der Waals surface area contributed by atoms with Gasteiger partial charge in [0.2, 0.25) is 0 Å². The highest BCUT2D eigenvalue weighted by molar-refractivity contribution is 5.81. The molecule has 1 unspecified atom stereocenters. The number of nitrogens with zero attached hydrogens (tertiary/aromatic N) is 3. The van der Waals surface area contributed by atoms with Crippen molar-refractivity contribution >= 4 is 17.0 Å². The number of pyridine rings is 1. The first kappa shape index (κ1) is 16.8. The molecule has 0 amide bonds. The number of likely N-dealkylation sites (tertiary alicyclic amines) is 1. The summed E-state index contributed by atoms with van der Waals surface area (Å²) in [4.78, 5) is 14.9. The molecule has 0 aromatic carbocycles. The number of hydrogen-bond donors (Lipinski definition) is 2. The maximum atomic E-state index is 4.87. The third kappa shape index (κ3) is 3.55. The van der Waals surface area contributed by atoms with Crippen LogP contribution in [0.5, 0.6) is 0 Å². The van der Waals surface area contributed by atoms with Crippen molar-refractivity contribution in [2.75, 3.05) is 26.2 Å². The minimum Gasteiger partial charge on any atom is -0.357 e. The van der Waals surface area contributed by atoms with Crippen molar-refractivity contribution in [3.63, 3.8) is 0 Å². The molecule has 5 heteroatoms. The summed E-state index contributed by atoms with van der Waals surface area (Å²) in [5, 5.41) is 4.67. The number of aliphatic imine (C=N–C) groups is 1. The molecule has 3 rings (SSSR count). The maximum Gasteiger partial charge on any atom is 0.193 e. The van der Waals surface area contributed by atoms with Crippen LogP contribution in [0.25, 0.3) is 11.0 Å². The lowest BCUT2D eigenvalue weighted by Crippen LogP contribution is -2.41. The summed E-state index contributed by atoms with van der Waals surface area (Å²) in [6.07, 6.45) is 7.29. The maximum absolute atomic E-state index is 4.87. The van der Waals surface area contributed by atoms with Gasteiger partial charge in [-0.3, -0.25) is 4.99 Å². The molecule has 0 spiro atoms. The lowest BCUT2D eigenvalue weighted by Gasteiger charge is -2.25. The van der Waals surface area contributed by atoms with Gasteiger partial charge in [0.15, 0.2) is 5.96 Å². The number of aromatic amines is 1. The van der Waals surface area contributed by atoms with E-state index in [1.807, 2.05) is 12.3 Å². The van der Waals surface area contributed by atoms with Crippen LogP contribution in [0.3, 0.4) is 0 Å². The van der Waals surface area contributed by atoms with Crippen molar-refractivity contribution in [3.05, 3.63) is 30.1 Å². The SMILES string of the molecule is CCNC(=NCCc1c[nH]c2ncccc12)N1CCC(C)(CC)C1. The number of rotatable bonds is 5. The largest absolute Gasteiger partial charge is 0.357 e. The van der Waals surface area contributed by atoms with Gasteiger partial charge in [0.25, 0.3) is 0 Å². The van der Waals surface area contributed by atoms with E-state index in [0.717, 1.165) is 44.2 Å². The third-order valence-corrected chi connectivity index (χ3v) is 5.23. The molecule has 0 aliphatic carbocycles. The van der Waals surface area contributed by atoms with Crippen molar-refractivity contribution in [2.45, 2.75) is 40.0 Å². The van der Waals surface area contributed by atoms with E-state index < -0.39 is 0 Å². The van der Waals surface area contributed by atoms with Crippen LogP contribution in [0.15, 0.2) is 29.5 Å². The Hall–Kier alpha value is -2.04. The van der Waals surface area contributed by atoms with Crippen molar-refractivity contribution in [1.82, 2.24) is 20.2 Å². The Morgan fingerprint density at radius 3 is 3.08 bits per heavy atom. The summed E-state index contributed by atoms with van der Waals surface area (Å²) >= 11 is 0.